The molecule has 0 aromatic carbocycles. The molecule has 8 rings (SSSR count). The third-order valence-corrected chi connectivity index (χ3v) is 11.0. The molecule has 8 aromatic heterocycles. The van der Waals surface area contributed by atoms with Crippen LogP contribution in [0.15, 0.2) is 133 Å². The molecule has 0 saturated carbocycles. The van der Waals surface area contributed by atoms with E-state index >= 15 is 0 Å². The van der Waals surface area contributed by atoms with E-state index in [9.17, 15) is 55.2 Å². The summed E-state index contributed by atoms with van der Waals surface area (Å²) >= 11 is 7.00. The maximum Gasteiger partial charge on any atom is 2.00 e. The molecule has 0 amide bonds. The second-order valence-corrected chi connectivity index (χ2v) is 20.2. The molecule has 8 aromatic rings. The van der Waals surface area contributed by atoms with Crippen LogP contribution in [0.5, 0.6) is 0 Å². The Bertz CT molecular complexity index is 2370. The van der Waals surface area contributed by atoms with Crippen molar-refractivity contribution < 1.29 is 74.6 Å². The minimum Gasteiger partial charge on any atom is -0.255 e. The molecule has 0 unspecified atom stereocenters. The first-order valence-electron chi connectivity index (χ1n) is 17.6. The summed E-state index contributed by atoms with van der Waals surface area (Å²) in [6, 6.07) is 31.7. The van der Waals surface area contributed by atoms with Gasteiger partial charge in [0.2, 0.25) is 0 Å². The van der Waals surface area contributed by atoms with Crippen LogP contribution >= 0.6 is 61.0 Å². The van der Waals surface area contributed by atoms with Crippen LogP contribution in [-0.2, 0) is 24.3 Å². The predicted octanol–water partition coefficient (Wildman–Crippen LogP) is 18.0. The van der Waals surface area contributed by atoms with Gasteiger partial charge >= 0.3 is 85.5 Å². The van der Waals surface area contributed by atoms with Crippen LogP contribution in [0.2, 0.25) is 0 Å². The van der Waals surface area contributed by atoms with E-state index < -0.39 is 15.6 Å². The summed E-state index contributed by atoms with van der Waals surface area (Å²) in [7, 11) is -21.3. The minimum atomic E-state index is -10.7. The molecule has 0 atom stereocenters. The smallest absolute Gasteiger partial charge is 0.255 e. The Kier molecular flexibility index (Phi) is 19.1. The van der Waals surface area contributed by atoms with E-state index in [1.807, 2.05) is 72.8 Å². The molecule has 8 heterocycles. The van der Waals surface area contributed by atoms with E-state index in [0.29, 0.717) is 0 Å². The number of thiazole rings is 2. The van der Waals surface area contributed by atoms with Crippen LogP contribution in [0.25, 0.3) is 52.3 Å². The van der Waals surface area contributed by atoms with Crippen molar-refractivity contribution in [3.63, 3.8) is 0 Å². The van der Waals surface area contributed by atoms with Gasteiger partial charge in [-0.2, -0.15) is 0 Å². The van der Waals surface area contributed by atoms with Gasteiger partial charge in [-0.05, 0) is 99.1 Å². The second kappa shape index (κ2) is 21.9. The minimum absolute atomic E-state index is 0. The summed E-state index contributed by atoms with van der Waals surface area (Å²) in [6.45, 7) is 7.21. The zero-order valence-corrected chi connectivity index (χ0v) is 40.5. The standard InChI is InChI=1S/C16H12N2S4.2C10H8N2.C3H6O.2F6P.Ru/c1-9-13(11-5-3-7-19-11)21-15(17-9)16-18-10(2)14(22-16)12-6-4-8-20-12;2*1-3-7-11-9(5-1)10-6-2-4-8-12-10;1-3(2)4;2*1-7(2,3,4,5)6;/h3-8H,1-2H3;2*1-8H;1-2H3;;;/q;;;;2*-1;+2. The normalized spacial score (nSPS) is 12.7. The number of ketones is 1. The van der Waals surface area contributed by atoms with E-state index in [0.717, 1.165) is 44.2 Å². The number of hydrogen-bond acceptors (Lipinski definition) is 11. The Morgan fingerprint density at radius 2 is 0.692 bits per heavy atom. The average molecular weight is 1120 g/mol. The summed E-state index contributed by atoms with van der Waals surface area (Å²) in [5, 5.41) is 6.27. The Hall–Kier alpha value is -4.43. The van der Waals surface area contributed by atoms with Crippen molar-refractivity contribution in [3.05, 3.63) is 144 Å². The average Bonchev–Trinajstić information content (AvgIpc) is 4.03. The summed E-state index contributed by atoms with van der Waals surface area (Å²) in [6.07, 6.45) is 7.07. The van der Waals surface area contributed by atoms with Gasteiger partial charge in [-0.1, -0.05) is 36.4 Å². The molecule has 0 radical (unpaired) electrons. The van der Waals surface area contributed by atoms with Crippen LogP contribution in [-0.4, -0.2) is 35.7 Å². The number of thiophene rings is 2. The Morgan fingerprint density at radius 3 is 0.877 bits per heavy atom. The molecule has 0 spiro atoms. The van der Waals surface area contributed by atoms with Crippen molar-refractivity contribution in [2.75, 3.05) is 0 Å². The van der Waals surface area contributed by atoms with Crippen LogP contribution in [0.1, 0.15) is 25.2 Å². The first-order chi connectivity index (χ1) is 29.3. The third kappa shape index (κ3) is 27.0. The number of halogens is 12. The molecule has 0 saturated heterocycles. The predicted molar refractivity (Wildman–Crippen MR) is 238 cm³/mol. The molecule has 0 aliphatic carbocycles. The molecule has 26 heteroatoms. The number of carbonyl (C=O) groups is 1. The summed E-state index contributed by atoms with van der Waals surface area (Å²) in [5.74, 6) is 0.167. The number of aryl methyl sites for hydroxylation is 2. The number of Topliss-reactive ketones (excluding diaryl/α,β-unsaturated/α-hetero) is 1. The van der Waals surface area contributed by atoms with E-state index in [4.69, 9.17) is 9.97 Å². The SMILES string of the molecule is CC(C)=O.Cc1nc(-c2nc(C)c(-c3cccs3)s2)sc1-c1cccs1.F[P-](F)(F)(F)(F)F.F[P-](F)(F)(F)(F)F.[Ru+2].c1ccc(-c2ccccn2)nc1.c1ccc(-c2ccccn2)nc1. The van der Waals surface area contributed by atoms with Gasteiger partial charge in [0.25, 0.3) is 0 Å². The monoisotopic (exact) mass is 1120 g/mol. The molecule has 352 valence electrons. The number of rotatable bonds is 5. The van der Waals surface area contributed by atoms with E-state index in [1.54, 1.807) is 70.1 Å². The van der Waals surface area contributed by atoms with Crippen LogP contribution in [0.4, 0.5) is 50.4 Å². The van der Waals surface area contributed by atoms with Gasteiger partial charge in [-0.15, -0.1) is 45.3 Å². The number of carbonyl (C=O) groups excluding carboxylic acids is 1. The molecule has 0 N–H and O–H groups in total. The van der Waals surface area contributed by atoms with Gasteiger partial charge in [0, 0.05) is 34.5 Å². The second-order valence-electron chi connectivity index (χ2n) is 12.5. The Balaban J connectivity index is 0.000000292. The maximum absolute atomic E-state index is 10.7. The quantitative estimate of drug-likeness (QED) is 0.0962. The van der Waals surface area contributed by atoms with Crippen molar-refractivity contribution in [3.8, 4) is 52.3 Å². The van der Waals surface area contributed by atoms with Gasteiger partial charge in [-0.3, -0.25) is 19.9 Å². The molecule has 0 fully saturated rings. The van der Waals surface area contributed by atoms with E-state index in [1.165, 1.54) is 33.4 Å². The topological polar surface area (TPSA) is 94.4 Å². The number of hydrogen-bond donors (Lipinski definition) is 0. The summed E-state index contributed by atoms with van der Waals surface area (Å²) < 4.78 is 118. The fourth-order valence-electron chi connectivity index (χ4n) is 4.31. The third-order valence-electron chi connectivity index (χ3n) is 6.45. The van der Waals surface area contributed by atoms with Crippen LogP contribution in [0.3, 0.4) is 0 Å². The zero-order chi connectivity index (χ0) is 47.9. The summed E-state index contributed by atoms with van der Waals surface area (Å²) in [4.78, 5) is 40.8. The molecule has 0 aliphatic heterocycles. The van der Waals surface area contributed by atoms with Crippen molar-refractivity contribution >= 4 is 66.7 Å². The fraction of sp³-hybridized carbons (Fsp3) is 0.103. The van der Waals surface area contributed by atoms with E-state index in [2.05, 4.69) is 68.8 Å². The fourth-order valence-corrected chi connectivity index (χ4v) is 8.27. The molecular weight excluding hydrogens is 1090 g/mol. The Morgan fingerprint density at radius 1 is 0.446 bits per heavy atom. The van der Waals surface area contributed by atoms with Crippen LogP contribution < -0.4 is 0 Å². The molecule has 0 aliphatic rings. The van der Waals surface area contributed by atoms with Crippen molar-refractivity contribution in [1.82, 2.24) is 29.9 Å². The number of pyridine rings is 4. The first kappa shape index (κ1) is 56.7. The summed E-state index contributed by atoms with van der Waals surface area (Å²) in [5.41, 5.74) is 5.84. The first-order valence-corrected chi connectivity index (χ1v) is 25.0. The van der Waals surface area contributed by atoms with Gasteiger partial charge in [-0.25, -0.2) is 9.97 Å². The molecule has 0 bridgehead atoms. The van der Waals surface area contributed by atoms with Crippen molar-refractivity contribution in [2.45, 2.75) is 27.7 Å². The zero-order valence-electron chi connectivity index (χ0n) is 33.7. The van der Waals surface area contributed by atoms with Gasteiger partial charge in [0.1, 0.15) is 5.78 Å². The van der Waals surface area contributed by atoms with Gasteiger partial charge in [0.15, 0.2) is 10.0 Å². The van der Waals surface area contributed by atoms with Crippen molar-refractivity contribution in [1.29, 1.82) is 0 Å². The van der Waals surface area contributed by atoms with Crippen molar-refractivity contribution in [2.24, 2.45) is 0 Å². The molecule has 7 nitrogen and oxygen atoms in total. The van der Waals surface area contributed by atoms with E-state index in [-0.39, 0.29) is 25.3 Å². The van der Waals surface area contributed by atoms with Gasteiger partial charge in [0.05, 0.1) is 43.9 Å². The van der Waals surface area contributed by atoms with Gasteiger partial charge < -0.3 is 4.79 Å². The van der Waals surface area contributed by atoms with Crippen LogP contribution in [0, 0.1) is 13.8 Å². The maximum atomic E-state index is 9.87. The molecular formula is C39H34F12N6OP2RuS4. The molecule has 65 heavy (non-hydrogen) atoms. The Labute approximate surface area is 393 Å². The largest absolute Gasteiger partial charge is 2.00 e. The number of nitrogens with zero attached hydrogens (tertiary/aromatic N) is 6. The number of aromatic nitrogens is 6.